The van der Waals surface area contributed by atoms with Crippen LogP contribution in [0, 0.1) is 6.92 Å². The van der Waals surface area contributed by atoms with E-state index in [1.807, 2.05) is 18.2 Å². The topological polar surface area (TPSA) is 56.0 Å². The van der Waals surface area contributed by atoms with Gasteiger partial charge in [0, 0.05) is 18.0 Å². The molecule has 0 fully saturated rings. The second-order valence-corrected chi connectivity index (χ2v) is 6.13. The molecule has 0 saturated carbocycles. The Morgan fingerprint density at radius 2 is 1.91 bits per heavy atom. The van der Waals surface area contributed by atoms with E-state index in [4.69, 9.17) is 0 Å². The van der Waals surface area contributed by atoms with E-state index in [2.05, 4.69) is 57.5 Å². The fourth-order valence-corrected chi connectivity index (χ4v) is 2.96. The van der Waals surface area contributed by atoms with Crippen molar-refractivity contribution in [3.8, 4) is 11.4 Å². The van der Waals surface area contributed by atoms with Gasteiger partial charge in [0.2, 0.25) is 4.96 Å². The van der Waals surface area contributed by atoms with Crippen LogP contribution in [0.25, 0.3) is 28.5 Å². The monoisotopic (exact) mass is 319 g/mol. The zero-order valence-electron chi connectivity index (χ0n) is 12.4. The lowest BCUT2D eigenvalue weighted by Crippen LogP contribution is -1.90. The molecule has 4 rings (SSSR count). The van der Waals surface area contributed by atoms with Crippen LogP contribution in [0.1, 0.15) is 16.1 Å². The standard InChI is InChI=1S/C17H13N5S/c1-12-4-6-13(7-5-12)8-9-15-21-22-16(19-20-17(22)23-15)14-3-2-10-18-11-14/h2-11H,1H3. The first-order valence-corrected chi connectivity index (χ1v) is 7.99. The quantitative estimate of drug-likeness (QED) is 0.577. The second kappa shape index (κ2) is 5.73. The maximum atomic E-state index is 4.58. The summed E-state index contributed by atoms with van der Waals surface area (Å²) in [5, 5.41) is 13.8. The summed E-state index contributed by atoms with van der Waals surface area (Å²) in [5.41, 5.74) is 3.30. The Kier molecular flexibility index (Phi) is 3.44. The normalized spacial score (nSPS) is 11.5. The summed E-state index contributed by atoms with van der Waals surface area (Å²) in [4.78, 5) is 4.89. The largest absolute Gasteiger partial charge is 0.264 e. The second-order valence-electron chi connectivity index (χ2n) is 5.14. The van der Waals surface area contributed by atoms with Crippen LogP contribution in [-0.2, 0) is 0 Å². The van der Waals surface area contributed by atoms with E-state index in [9.17, 15) is 0 Å². The predicted octanol–water partition coefficient (Wildman–Crippen LogP) is 3.73. The molecular formula is C17H13N5S. The average Bonchev–Trinajstić information content (AvgIpc) is 3.15. The van der Waals surface area contributed by atoms with Crippen LogP contribution in [0.15, 0.2) is 48.8 Å². The number of rotatable bonds is 3. The van der Waals surface area contributed by atoms with Gasteiger partial charge in [0.05, 0.1) is 0 Å². The van der Waals surface area contributed by atoms with E-state index in [0.29, 0.717) is 5.82 Å². The Hall–Kier alpha value is -2.86. The molecule has 0 radical (unpaired) electrons. The Bertz CT molecular complexity index is 967. The predicted molar refractivity (Wildman–Crippen MR) is 92.0 cm³/mol. The van der Waals surface area contributed by atoms with Gasteiger partial charge in [-0.15, -0.1) is 10.2 Å². The van der Waals surface area contributed by atoms with Gasteiger partial charge < -0.3 is 0 Å². The molecule has 0 amide bonds. The van der Waals surface area contributed by atoms with Gasteiger partial charge >= 0.3 is 0 Å². The lowest BCUT2D eigenvalue weighted by Gasteiger charge is -1.94. The van der Waals surface area contributed by atoms with Crippen LogP contribution in [0.3, 0.4) is 0 Å². The lowest BCUT2D eigenvalue weighted by atomic mass is 10.1. The van der Waals surface area contributed by atoms with Crippen molar-refractivity contribution in [3.63, 3.8) is 0 Å². The van der Waals surface area contributed by atoms with Gasteiger partial charge in [-0.2, -0.15) is 9.61 Å². The van der Waals surface area contributed by atoms with Crippen LogP contribution in [0.4, 0.5) is 0 Å². The lowest BCUT2D eigenvalue weighted by molar-refractivity contribution is 0.958. The van der Waals surface area contributed by atoms with Gasteiger partial charge in [-0.3, -0.25) is 4.98 Å². The van der Waals surface area contributed by atoms with Crippen LogP contribution < -0.4 is 0 Å². The molecule has 3 aromatic heterocycles. The molecule has 0 N–H and O–H groups in total. The molecule has 0 unspecified atom stereocenters. The zero-order valence-corrected chi connectivity index (χ0v) is 13.2. The van der Waals surface area contributed by atoms with Crippen LogP contribution in [0.5, 0.6) is 0 Å². The van der Waals surface area contributed by atoms with Gasteiger partial charge in [0.1, 0.15) is 5.01 Å². The first-order chi connectivity index (χ1) is 11.3. The van der Waals surface area contributed by atoms with E-state index in [0.717, 1.165) is 21.1 Å². The van der Waals surface area contributed by atoms with Crippen molar-refractivity contribution < 1.29 is 0 Å². The number of hydrogen-bond donors (Lipinski definition) is 0. The van der Waals surface area contributed by atoms with Crippen molar-refractivity contribution in [3.05, 3.63) is 64.9 Å². The SMILES string of the molecule is Cc1ccc(C=Cc2nn3c(-c4cccnc4)nnc3s2)cc1. The summed E-state index contributed by atoms with van der Waals surface area (Å²) in [6.07, 6.45) is 7.54. The van der Waals surface area contributed by atoms with Crippen LogP contribution in [0.2, 0.25) is 0 Å². The van der Waals surface area contributed by atoms with Crippen LogP contribution >= 0.6 is 11.3 Å². The van der Waals surface area contributed by atoms with Gasteiger partial charge in [-0.25, -0.2) is 0 Å². The first-order valence-electron chi connectivity index (χ1n) is 7.17. The van der Waals surface area contributed by atoms with Gasteiger partial charge in [0.25, 0.3) is 0 Å². The van der Waals surface area contributed by atoms with Crippen molar-refractivity contribution in [2.24, 2.45) is 0 Å². The number of aryl methyl sites for hydroxylation is 1. The van der Waals surface area contributed by atoms with E-state index in [1.54, 1.807) is 16.9 Å². The van der Waals surface area contributed by atoms with E-state index >= 15 is 0 Å². The van der Waals surface area contributed by atoms with Crippen molar-refractivity contribution in [1.29, 1.82) is 0 Å². The average molecular weight is 319 g/mol. The molecule has 0 bridgehead atoms. The molecule has 23 heavy (non-hydrogen) atoms. The minimum Gasteiger partial charge on any atom is -0.264 e. The van der Waals surface area contributed by atoms with E-state index < -0.39 is 0 Å². The molecule has 0 saturated heterocycles. The van der Waals surface area contributed by atoms with Gasteiger partial charge in [-0.05, 0) is 30.7 Å². The van der Waals surface area contributed by atoms with Crippen molar-refractivity contribution in [2.75, 3.05) is 0 Å². The molecular weight excluding hydrogens is 306 g/mol. The zero-order chi connectivity index (χ0) is 15.6. The molecule has 0 spiro atoms. The molecule has 0 aliphatic rings. The highest BCUT2D eigenvalue weighted by Gasteiger charge is 2.12. The number of hydrogen-bond acceptors (Lipinski definition) is 5. The summed E-state index contributed by atoms with van der Waals surface area (Å²) in [6.45, 7) is 2.08. The van der Waals surface area contributed by atoms with Crippen LogP contribution in [-0.4, -0.2) is 24.8 Å². The number of nitrogens with zero attached hydrogens (tertiary/aromatic N) is 5. The Balaban J connectivity index is 1.67. The Morgan fingerprint density at radius 3 is 2.70 bits per heavy atom. The highest BCUT2D eigenvalue weighted by atomic mass is 32.1. The van der Waals surface area contributed by atoms with Crippen molar-refractivity contribution >= 4 is 28.4 Å². The first kappa shape index (κ1) is 13.8. The van der Waals surface area contributed by atoms with E-state index in [-0.39, 0.29) is 0 Å². The summed E-state index contributed by atoms with van der Waals surface area (Å²) >= 11 is 1.51. The number of fused-ring (bicyclic) bond motifs is 1. The summed E-state index contributed by atoms with van der Waals surface area (Å²) < 4.78 is 1.76. The van der Waals surface area contributed by atoms with Gasteiger partial charge in [0.15, 0.2) is 5.82 Å². The highest BCUT2D eigenvalue weighted by molar-refractivity contribution is 7.17. The molecule has 6 heteroatoms. The molecule has 0 aliphatic heterocycles. The molecule has 112 valence electrons. The fourth-order valence-electron chi connectivity index (χ4n) is 2.22. The molecule has 4 aromatic rings. The summed E-state index contributed by atoms with van der Waals surface area (Å²) in [7, 11) is 0. The smallest absolute Gasteiger partial charge is 0.235 e. The molecule has 1 aromatic carbocycles. The number of pyridine rings is 1. The molecule has 5 nitrogen and oxygen atoms in total. The minimum absolute atomic E-state index is 0.708. The minimum atomic E-state index is 0.708. The summed E-state index contributed by atoms with van der Waals surface area (Å²) in [6, 6.07) is 12.2. The third-order valence-electron chi connectivity index (χ3n) is 3.42. The molecule has 3 heterocycles. The Morgan fingerprint density at radius 1 is 1.04 bits per heavy atom. The molecule has 0 aliphatic carbocycles. The number of benzene rings is 1. The third-order valence-corrected chi connectivity index (χ3v) is 4.29. The third kappa shape index (κ3) is 2.76. The van der Waals surface area contributed by atoms with Crippen molar-refractivity contribution in [1.82, 2.24) is 24.8 Å². The maximum absolute atomic E-state index is 4.58. The van der Waals surface area contributed by atoms with Crippen molar-refractivity contribution in [2.45, 2.75) is 6.92 Å². The number of aromatic nitrogens is 5. The maximum Gasteiger partial charge on any atom is 0.235 e. The van der Waals surface area contributed by atoms with Gasteiger partial charge in [-0.1, -0.05) is 47.2 Å². The Labute approximate surface area is 137 Å². The van der Waals surface area contributed by atoms with E-state index in [1.165, 1.54) is 16.9 Å². The fraction of sp³-hybridized carbons (Fsp3) is 0.0588. The molecule has 0 atom stereocenters. The summed E-state index contributed by atoms with van der Waals surface area (Å²) in [5.74, 6) is 0.708. The highest BCUT2D eigenvalue weighted by Crippen LogP contribution is 2.22.